The smallest absolute Gasteiger partial charge is 0.416 e. The number of nitrogens with one attached hydrogen (secondary N) is 1. The first-order valence-corrected chi connectivity index (χ1v) is 9.38. The standard InChI is InChI=1S/C21H15F4N5O2/c22-16-6-4-13(5-7-16)19-28-27-17-8-9-18(29-30(17)19)32-11-10-26-20(31)14-2-1-3-15(12-14)21(23,24)25/h1-9,12H,10-11H2,(H,26,31). The van der Waals surface area contributed by atoms with Gasteiger partial charge in [-0.05, 0) is 48.5 Å². The minimum Gasteiger partial charge on any atom is -0.475 e. The Balaban J connectivity index is 1.38. The Morgan fingerprint density at radius 1 is 1.03 bits per heavy atom. The number of carbonyl (C=O) groups is 1. The van der Waals surface area contributed by atoms with Crippen LogP contribution in [-0.4, -0.2) is 38.9 Å². The van der Waals surface area contributed by atoms with Gasteiger partial charge in [-0.15, -0.1) is 15.3 Å². The SMILES string of the molecule is O=C(NCCOc1ccc2nnc(-c3ccc(F)cc3)n2n1)c1cccc(C(F)(F)F)c1. The van der Waals surface area contributed by atoms with Gasteiger partial charge in [0, 0.05) is 17.2 Å². The third-order valence-corrected chi connectivity index (χ3v) is 4.43. The first-order chi connectivity index (χ1) is 15.3. The van der Waals surface area contributed by atoms with E-state index in [2.05, 4.69) is 20.6 Å². The number of rotatable bonds is 6. The summed E-state index contributed by atoms with van der Waals surface area (Å²) < 4.78 is 58.5. The van der Waals surface area contributed by atoms with Crippen LogP contribution < -0.4 is 10.1 Å². The fraction of sp³-hybridized carbons (Fsp3) is 0.143. The van der Waals surface area contributed by atoms with Crippen LogP contribution in [0.25, 0.3) is 17.0 Å². The van der Waals surface area contributed by atoms with Gasteiger partial charge >= 0.3 is 6.18 Å². The molecule has 164 valence electrons. The topological polar surface area (TPSA) is 81.4 Å². The molecule has 0 bridgehead atoms. The molecule has 0 saturated carbocycles. The number of alkyl halides is 3. The van der Waals surface area contributed by atoms with Crippen molar-refractivity contribution < 1.29 is 27.1 Å². The molecule has 0 atom stereocenters. The Labute approximate surface area is 178 Å². The summed E-state index contributed by atoms with van der Waals surface area (Å²) in [5.74, 6) is -0.426. The molecule has 1 amide bonds. The van der Waals surface area contributed by atoms with Gasteiger partial charge in [0.2, 0.25) is 5.88 Å². The van der Waals surface area contributed by atoms with E-state index in [1.54, 1.807) is 24.3 Å². The van der Waals surface area contributed by atoms with Gasteiger partial charge in [0.25, 0.3) is 5.91 Å². The fourth-order valence-corrected chi connectivity index (χ4v) is 2.89. The van der Waals surface area contributed by atoms with E-state index < -0.39 is 17.6 Å². The number of halogens is 4. The van der Waals surface area contributed by atoms with Crippen molar-refractivity contribution in [2.45, 2.75) is 6.18 Å². The van der Waals surface area contributed by atoms with Crippen LogP contribution in [0.3, 0.4) is 0 Å². The molecule has 2 heterocycles. The van der Waals surface area contributed by atoms with E-state index in [4.69, 9.17) is 4.74 Å². The molecule has 0 aliphatic carbocycles. The lowest BCUT2D eigenvalue weighted by Gasteiger charge is -2.10. The molecule has 2 aromatic heterocycles. The van der Waals surface area contributed by atoms with E-state index in [1.807, 2.05) is 0 Å². The molecule has 0 spiro atoms. The first-order valence-electron chi connectivity index (χ1n) is 9.38. The number of hydrogen-bond donors (Lipinski definition) is 1. The lowest BCUT2D eigenvalue weighted by Crippen LogP contribution is -2.28. The Bertz CT molecular complexity index is 1260. The first kappa shape index (κ1) is 21.2. The van der Waals surface area contributed by atoms with Gasteiger partial charge in [0.1, 0.15) is 12.4 Å². The molecule has 4 aromatic rings. The molecular weight excluding hydrogens is 430 g/mol. The van der Waals surface area contributed by atoms with Gasteiger partial charge in [-0.25, -0.2) is 4.39 Å². The van der Waals surface area contributed by atoms with Crippen molar-refractivity contribution in [2.75, 3.05) is 13.2 Å². The van der Waals surface area contributed by atoms with E-state index in [0.717, 1.165) is 12.1 Å². The van der Waals surface area contributed by atoms with Crippen molar-refractivity contribution in [3.63, 3.8) is 0 Å². The van der Waals surface area contributed by atoms with Crippen LogP contribution in [0.15, 0.2) is 60.7 Å². The van der Waals surface area contributed by atoms with Crippen molar-refractivity contribution >= 4 is 11.6 Å². The zero-order valence-corrected chi connectivity index (χ0v) is 16.3. The minimum absolute atomic E-state index is 0.0250. The summed E-state index contributed by atoms with van der Waals surface area (Å²) in [4.78, 5) is 12.1. The van der Waals surface area contributed by atoms with Gasteiger partial charge < -0.3 is 10.1 Å². The molecule has 2 aromatic carbocycles. The molecule has 32 heavy (non-hydrogen) atoms. The van der Waals surface area contributed by atoms with Crippen LogP contribution in [0.5, 0.6) is 5.88 Å². The molecule has 0 aliphatic heterocycles. The quantitative estimate of drug-likeness (QED) is 0.361. The van der Waals surface area contributed by atoms with Gasteiger partial charge in [-0.1, -0.05) is 6.07 Å². The summed E-state index contributed by atoms with van der Waals surface area (Å²) >= 11 is 0. The summed E-state index contributed by atoms with van der Waals surface area (Å²) in [6.07, 6.45) is -4.53. The highest BCUT2D eigenvalue weighted by Crippen LogP contribution is 2.29. The average molecular weight is 445 g/mol. The Morgan fingerprint density at radius 3 is 2.56 bits per heavy atom. The van der Waals surface area contributed by atoms with Crippen molar-refractivity contribution in [2.24, 2.45) is 0 Å². The monoisotopic (exact) mass is 445 g/mol. The highest BCUT2D eigenvalue weighted by molar-refractivity contribution is 5.94. The zero-order valence-electron chi connectivity index (χ0n) is 16.3. The Kier molecular flexibility index (Phi) is 5.71. The molecule has 11 heteroatoms. The molecule has 0 unspecified atom stereocenters. The second-order valence-electron chi connectivity index (χ2n) is 6.65. The van der Waals surface area contributed by atoms with Gasteiger partial charge in [-0.2, -0.15) is 17.7 Å². The van der Waals surface area contributed by atoms with Crippen LogP contribution in [-0.2, 0) is 6.18 Å². The number of ether oxygens (including phenoxy) is 1. The van der Waals surface area contributed by atoms with E-state index in [0.29, 0.717) is 17.0 Å². The Morgan fingerprint density at radius 2 is 1.81 bits per heavy atom. The number of hydrogen-bond acceptors (Lipinski definition) is 5. The third-order valence-electron chi connectivity index (χ3n) is 4.43. The maximum absolute atomic E-state index is 13.2. The molecule has 4 rings (SSSR count). The molecular formula is C21H15F4N5O2. The molecule has 0 radical (unpaired) electrons. The van der Waals surface area contributed by atoms with Crippen LogP contribution >= 0.6 is 0 Å². The largest absolute Gasteiger partial charge is 0.475 e. The number of nitrogens with zero attached hydrogens (tertiary/aromatic N) is 4. The van der Waals surface area contributed by atoms with E-state index >= 15 is 0 Å². The van der Waals surface area contributed by atoms with E-state index in [9.17, 15) is 22.4 Å². The summed E-state index contributed by atoms with van der Waals surface area (Å²) in [6, 6.07) is 13.0. The van der Waals surface area contributed by atoms with Crippen LogP contribution in [0.2, 0.25) is 0 Å². The maximum atomic E-state index is 13.2. The summed E-state index contributed by atoms with van der Waals surface area (Å²) in [5.41, 5.74) is 0.0593. The number of amides is 1. The molecule has 0 saturated heterocycles. The second-order valence-corrected chi connectivity index (χ2v) is 6.65. The minimum atomic E-state index is -4.53. The summed E-state index contributed by atoms with van der Waals surface area (Å²) in [6.45, 7) is 0.0685. The maximum Gasteiger partial charge on any atom is 0.416 e. The molecule has 0 aliphatic rings. The van der Waals surface area contributed by atoms with Crippen LogP contribution in [0, 0.1) is 5.82 Å². The van der Waals surface area contributed by atoms with Gasteiger partial charge in [0.05, 0.1) is 12.1 Å². The van der Waals surface area contributed by atoms with Crippen molar-refractivity contribution in [1.29, 1.82) is 0 Å². The molecule has 7 nitrogen and oxygen atoms in total. The third kappa shape index (κ3) is 4.66. The predicted octanol–water partition coefficient (Wildman–Crippen LogP) is 3.76. The van der Waals surface area contributed by atoms with E-state index in [1.165, 1.54) is 28.8 Å². The number of benzene rings is 2. The zero-order chi connectivity index (χ0) is 22.7. The summed E-state index contributed by atoms with van der Waals surface area (Å²) in [7, 11) is 0. The second kappa shape index (κ2) is 8.61. The van der Waals surface area contributed by atoms with Crippen molar-refractivity contribution in [3.8, 4) is 17.3 Å². The van der Waals surface area contributed by atoms with E-state index in [-0.39, 0.29) is 30.4 Å². The average Bonchev–Trinajstić information content (AvgIpc) is 3.20. The number of carbonyl (C=O) groups excluding carboxylic acids is 1. The Hall–Kier alpha value is -4.02. The van der Waals surface area contributed by atoms with Crippen LogP contribution in [0.4, 0.5) is 17.6 Å². The highest BCUT2D eigenvalue weighted by Gasteiger charge is 2.30. The van der Waals surface area contributed by atoms with Crippen molar-refractivity contribution in [3.05, 3.63) is 77.6 Å². The number of fused-ring (bicyclic) bond motifs is 1. The normalized spacial score (nSPS) is 11.5. The lowest BCUT2D eigenvalue weighted by molar-refractivity contribution is -0.137. The highest BCUT2D eigenvalue weighted by atomic mass is 19.4. The van der Waals surface area contributed by atoms with Gasteiger partial charge in [-0.3, -0.25) is 4.79 Å². The molecule has 1 N–H and O–H groups in total. The van der Waals surface area contributed by atoms with Gasteiger partial charge in [0.15, 0.2) is 11.5 Å². The van der Waals surface area contributed by atoms with Crippen LogP contribution in [0.1, 0.15) is 15.9 Å². The number of aromatic nitrogens is 4. The lowest BCUT2D eigenvalue weighted by atomic mass is 10.1. The summed E-state index contributed by atoms with van der Waals surface area (Å²) in [5, 5.41) is 14.8. The molecule has 0 fully saturated rings. The predicted molar refractivity (Wildman–Crippen MR) is 105 cm³/mol. The fourth-order valence-electron chi connectivity index (χ4n) is 2.89. The van der Waals surface area contributed by atoms with Crippen molar-refractivity contribution in [1.82, 2.24) is 25.1 Å².